The van der Waals surface area contributed by atoms with Crippen molar-refractivity contribution in [1.29, 1.82) is 0 Å². The first-order valence-corrected chi connectivity index (χ1v) is 7.89. The number of hydrogen-bond acceptors (Lipinski definition) is 3. The van der Waals surface area contributed by atoms with Gasteiger partial charge in [-0.25, -0.2) is 0 Å². The minimum absolute atomic E-state index is 0.111. The summed E-state index contributed by atoms with van der Waals surface area (Å²) in [6.45, 7) is 0.695. The highest BCUT2D eigenvalue weighted by Crippen LogP contribution is 2.31. The summed E-state index contributed by atoms with van der Waals surface area (Å²) in [5.41, 5.74) is 7.61. The molecule has 1 aromatic rings. The average Bonchev–Trinajstić information content (AvgIpc) is 2.45. The molecule has 0 spiro atoms. The zero-order valence-electron chi connectivity index (χ0n) is 11.5. The Morgan fingerprint density at radius 3 is 2.65 bits per heavy atom. The van der Waals surface area contributed by atoms with Crippen molar-refractivity contribution in [2.75, 3.05) is 18.1 Å². The molecule has 0 heterocycles. The van der Waals surface area contributed by atoms with Gasteiger partial charge < -0.3 is 15.7 Å². The predicted octanol–water partition coefficient (Wildman–Crippen LogP) is 3.11. The van der Waals surface area contributed by atoms with Gasteiger partial charge in [0, 0.05) is 28.9 Å². The van der Waals surface area contributed by atoms with Gasteiger partial charge in [0.1, 0.15) is 4.99 Å². The molecule has 3 nitrogen and oxygen atoms in total. The van der Waals surface area contributed by atoms with E-state index in [1.54, 1.807) is 6.07 Å². The lowest BCUT2D eigenvalue weighted by molar-refractivity contribution is 0.290. The molecule has 0 aliphatic heterocycles. The lowest BCUT2D eigenvalue weighted by atomic mass is 9.93. The van der Waals surface area contributed by atoms with Crippen molar-refractivity contribution in [3.63, 3.8) is 0 Å². The van der Waals surface area contributed by atoms with E-state index in [-0.39, 0.29) is 6.61 Å². The summed E-state index contributed by atoms with van der Waals surface area (Å²) in [6.07, 6.45) is 6.04. The predicted molar refractivity (Wildman–Crippen MR) is 88.6 cm³/mol. The standard InChI is InChI=1S/C15H21ClN2OS/c16-11-6-7-13(15(17)20)14(10-11)18(8-9-19)12-4-2-1-3-5-12/h6-7,10,12,19H,1-5,8-9H2,(H2,17,20). The molecule has 3 N–H and O–H groups in total. The second-order valence-electron chi connectivity index (χ2n) is 5.23. The van der Waals surface area contributed by atoms with E-state index in [1.807, 2.05) is 12.1 Å². The van der Waals surface area contributed by atoms with Crippen LogP contribution in [-0.4, -0.2) is 29.3 Å². The van der Waals surface area contributed by atoms with Gasteiger partial charge >= 0.3 is 0 Å². The third-order valence-electron chi connectivity index (χ3n) is 3.89. The normalized spacial score (nSPS) is 16.1. The van der Waals surface area contributed by atoms with E-state index >= 15 is 0 Å². The first-order chi connectivity index (χ1) is 9.63. The summed E-state index contributed by atoms with van der Waals surface area (Å²) in [6, 6.07) is 6.01. The van der Waals surface area contributed by atoms with E-state index in [0.717, 1.165) is 24.1 Å². The maximum Gasteiger partial charge on any atom is 0.106 e. The van der Waals surface area contributed by atoms with Crippen LogP contribution < -0.4 is 10.6 Å². The molecule has 0 unspecified atom stereocenters. The summed E-state index contributed by atoms with van der Waals surface area (Å²) >= 11 is 11.3. The van der Waals surface area contributed by atoms with Crippen molar-refractivity contribution in [1.82, 2.24) is 0 Å². The molecule has 1 aromatic carbocycles. The van der Waals surface area contributed by atoms with Crippen LogP contribution in [0.15, 0.2) is 18.2 Å². The highest BCUT2D eigenvalue weighted by Gasteiger charge is 2.23. The third kappa shape index (κ3) is 3.62. The van der Waals surface area contributed by atoms with Crippen LogP contribution >= 0.6 is 23.8 Å². The maximum absolute atomic E-state index is 9.39. The molecule has 1 fully saturated rings. The first-order valence-electron chi connectivity index (χ1n) is 7.10. The third-order valence-corrected chi connectivity index (χ3v) is 4.35. The van der Waals surface area contributed by atoms with Gasteiger partial charge in [-0.15, -0.1) is 0 Å². The van der Waals surface area contributed by atoms with Crippen LogP contribution in [0, 0.1) is 0 Å². The van der Waals surface area contributed by atoms with E-state index in [4.69, 9.17) is 29.6 Å². The van der Waals surface area contributed by atoms with Crippen LogP contribution in [0.3, 0.4) is 0 Å². The summed E-state index contributed by atoms with van der Waals surface area (Å²) in [7, 11) is 0. The maximum atomic E-state index is 9.39. The van der Waals surface area contributed by atoms with E-state index in [2.05, 4.69) is 4.90 Å². The Labute approximate surface area is 130 Å². The Morgan fingerprint density at radius 2 is 2.05 bits per heavy atom. The second kappa shape index (κ2) is 7.25. The molecule has 0 amide bonds. The molecule has 5 heteroatoms. The summed E-state index contributed by atoms with van der Waals surface area (Å²) in [5.74, 6) is 0. The lowest BCUT2D eigenvalue weighted by Gasteiger charge is -2.37. The Bertz CT molecular complexity index is 475. The molecule has 0 bridgehead atoms. The van der Waals surface area contributed by atoms with Crippen molar-refractivity contribution in [3.8, 4) is 0 Å². The number of hydrogen-bond donors (Lipinski definition) is 2. The van der Waals surface area contributed by atoms with Crippen molar-refractivity contribution in [2.24, 2.45) is 5.73 Å². The lowest BCUT2D eigenvalue weighted by Crippen LogP contribution is -2.40. The topological polar surface area (TPSA) is 49.5 Å². The number of anilines is 1. The number of nitrogens with two attached hydrogens (primary N) is 1. The molecule has 0 radical (unpaired) electrons. The minimum atomic E-state index is 0.111. The number of aliphatic hydroxyl groups is 1. The quantitative estimate of drug-likeness (QED) is 0.820. The molecule has 1 aliphatic rings. The highest BCUT2D eigenvalue weighted by molar-refractivity contribution is 7.80. The monoisotopic (exact) mass is 312 g/mol. The van der Waals surface area contributed by atoms with Gasteiger partial charge in [0.15, 0.2) is 0 Å². The van der Waals surface area contributed by atoms with Gasteiger partial charge in [-0.1, -0.05) is 43.1 Å². The van der Waals surface area contributed by atoms with E-state index in [9.17, 15) is 5.11 Å². The van der Waals surface area contributed by atoms with Gasteiger partial charge in [-0.2, -0.15) is 0 Å². The Balaban J connectivity index is 2.36. The van der Waals surface area contributed by atoms with Crippen LogP contribution in [-0.2, 0) is 0 Å². The summed E-state index contributed by atoms with van der Waals surface area (Å²) in [4.78, 5) is 2.59. The largest absolute Gasteiger partial charge is 0.395 e. The molecular weight excluding hydrogens is 292 g/mol. The Kier molecular flexibility index (Phi) is 5.64. The molecule has 0 atom stereocenters. The van der Waals surface area contributed by atoms with E-state index < -0.39 is 0 Å². The highest BCUT2D eigenvalue weighted by atomic mass is 35.5. The van der Waals surface area contributed by atoms with Crippen molar-refractivity contribution in [3.05, 3.63) is 28.8 Å². The molecule has 1 aliphatic carbocycles. The molecule has 110 valence electrons. The number of thiocarbonyl (C=S) groups is 1. The number of rotatable bonds is 5. The van der Waals surface area contributed by atoms with Gasteiger partial charge in [-0.3, -0.25) is 0 Å². The fourth-order valence-corrected chi connectivity index (χ4v) is 3.29. The van der Waals surface area contributed by atoms with Crippen LogP contribution in [0.1, 0.15) is 37.7 Å². The Morgan fingerprint density at radius 1 is 1.35 bits per heavy atom. The fraction of sp³-hybridized carbons (Fsp3) is 0.533. The van der Waals surface area contributed by atoms with Crippen LogP contribution in [0.5, 0.6) is 0 Å². The number of aliphatic hydroxyl groups excluding tert-OH is 1. The zero-order chi connectivity index (χ0) is 14.5. The molecular formula is C15H21ClN2OS. The number of halogens is 1. The minimum Gasteiger partial charge on any atom is -0.395 e. The average molecular weight is 313 g/mol. The smallest absolute Gasteiger partial charge is 0.106 e. The van der Waals surface area contributed by atoms with Gasteiger partial charge in [0.2, 0.25) is 0 Å². The van der Waals surface area contributed by atoms with Crippen LogP contribution in [0.2, 0.25) is 5.02 Å². The van der Waals surface area contributed by atoms with E-state index in [1.165, 1.54) is 19.3 Å². The van der Waals surface area contributed by atoms with E-state index in [0.29, 0.717) is 22.6 Å². The van der Waals surface area contributed by atoms with Gasteiger partial charge in [-0.05, 0) is 31.0 Å². The molecule has 1 saturated carbocycles. The van der Waals surface area contributed by atoms with Crippen molar-refractivity contribution >= 4 is 34.5 Å². The van der Waals surface area contributed by atoms with Crippen molar-refractivity contribution < 1.29 is 5.11 Å². The molecule has 0 saturated heterocycles. The molecule has 2 rings (SSSR count). The molecule has 20 heavy (non-hydrogen) atoms. The van der Waals surface area contributed by atoms with Gasteiger partial charge in [0.05, 0.1) is 6.61 Å². The zero-order valence-corrected chi connectivity index (χ0v) is 13.1. The second-order valence-corrected chi connectivity index (χ2v) is 6.11. The Hall–Kier alpha value is -0.840. The summed E-state index contributed by atoms with van der Waals surface area (Å²) in [5, 5.41) is 10.1. The fourth-order valence-electron chi connectivity index (χ4n) is 2.95. The van der Waals surface area contributed by atoms with Crippen LogP contribution in [0.4, 0.5) is 5.69 Å². The van der Waals surface area contributed by atoms with Gasteiger partial charge in [0.25, 0.3) is 0 Å². The SMILES string of the molecule is NC(=S)c1ccc(Cl)cc1N(CCO)C1CCCCC1. The first kappa shape index (κ1) is 15.5. The van der Waals surface area contributed by atoms with Crippen molar-refractivity contribution in [2.45, 2.75) is 38.1 Å². The number of nitrogens with zero attached hydrogens (tertiary/aromatic N) is 1. The van der Waals surface area contributed by atoms with Crippen LogP contribution in [0.25, 0.3) is 0 Å². The molecule has 0 aromatic heterocycles. The number of benzene rings is 1. The summed E-state index contributed by atoms with van der Waals surface area (Å²) < 4.78 is 0.